The predicted molar refractivity (Wildman–Crippen MR) is 76.8 cm³/mol. The lowest BCUT2D eigenvalue weighted by Crippen LogP contribution is -2.46. The molecule has 0 saturated heterocycles. The fraction of sp³-hybridized carbons (Fsp3) is 0.467. The van der Waals surface area contributed by atoms with E-state index < -0.39 is 5.54 Å². The van der Waals surface area contributed by atoms with Gasteiger partial charge in [0.25, 0.3) is 5.91 Å². The van der Waals surface area contributed by atoms with Crippen molar-refractivity contribution >= 4 is 17.5 Å². The largest absolute Gasteiger partial charge is 0.394 e. The molecular weight excluding hydrogens is 256 g/mol. The number of aryl methyl sites for hydroxylation is 1. The first-order chi connectivity index (χ1) is 9.34. The first kappa shape index (κ1) is 14.5. The van der Waals surface area contributed by atoms with E-state index in [0.29, 0.717) is 18.4 Å². The molecule has 20 heavy (non-hydrogen) atoms. The third-order valence-electron chi connectivity index (χ3n) is 3.53. The Morgan fingerprint density at radius 2 is 2.10 bits per heavy atom. The Balaban J connectivity index is 2.24. The van der Waals surface area contributed by atoms with Crippen LogP contribution in [-0.4, -0.2) is 36.1 Å². The maximum Gasteiger partial charge on any atom is 0.251 e. The molecule has 0 bridgehead atoms. The summed E-state index contributed by atoms with van der Waals surface area (Å²) in [5, 5.41) is 12.0. The van der Waals surface area contributed by atoms with Crippen molar-refractivity contribution < 1.29 is 14.7 Å². The Morgan fingerprint density at radius 3 is 2.75 bits per heavy atom. The summed E-state index contributed by atoms with van der Waals surface area (Å²) in [6.45, 7) is 3.40. The van der Waals surface area contributed by atoms with E-state index >= 15 is 0 Å². The van der Waals surface area contributed by atoms with Gasteiger partial charge in [-0.2, -0.15) is 0 Å². The van der Waals surface area contributed by atoms with Crippen molar-refractivity contribution in [1.82, 2.24) is 5.32 Å². The smallest absolute Gasteiger partial charge is 0.251 e. The molecular formula is C15H20N2O3. The van der Waals surface area contributed by atoms with E-state index in [2.05, 4.69) is 5.32 Å². The van der Waals surface area contributed by atoms with Crippen LogP contribution in [-0.2, 0) is 11.2 Å². The van der Waals surface area contributed by atoms with Crippen molar-refractivity contribution in [3.05, 3.63) is 29.3 Å². The lowest BCUT2D eigenvalue weighted by molar-refractivity contribution is -0.118. The topological polar surface area (TPSA) is 69.6 Å². The molecule has 2 rings (SSSR count). The molecule has 0 fully saturated rings. The molecule has 0 spiro atoms. The van der Waals surface area contributed by atoms with E-state index in [1.165, 1.54) is 0 Å². The van der Waals surface area contributed by atoms with E-state index in [1.807, 2.05) is 6.07 Å². The standard InChI is InChI=1S/C15H20N2O3/c1-15(2,9-18)16-14(20)11-4-6-12-10(8-11)5-7-13(19)17(12)3/h4,6,8,18H,5,7,9H2,1-3H3,(H,16,20). The third-order valence-corrected chi connectivity index (χ3v) is 3.53. The summed E-state index contributed by atoms with van der Waals surface area (Å²) >= 11 is 0. The van der Waals surface area contributed by atoms with E-state index in [0.717, 1.165) is 11.3 Å². The van der Waals surface area contributed by atoms with Gasteiger partial charge in [0.05, 0.1) is 12.1 Å². The molecule has 1 aromatic carbocycles. The van der Waals surface area contributed by atoms with Gasteiger partial charge >= 0.3 is 0 Å². The van der Waals surface area contributed by atoms with E-state index in [1.54, 1.807) is 37.9 Å². The molecule has 2 amide bonds. The van der Waals surface area contributed by atoms with Crippen molar-refractivity contribution in [3.8, 4) is 0 Å². The zero-order valence-corrected chi connectivity index (χ0v) is 12.1. The highest BCUT2D eigenvalue weighted by molar-refractivity contribution is 5.99. The molecule has 0 radical (unpaired) electrons. The van der Waals surface area contributed by atoms with E-state index in [-0.39, 0.29) is 18.4 Å². The monoisotopic (exact) mass is 276 g/mol. The first-order valence-electron chi connectivity index (χ1n) is 6.67. The van der Waals surface area contributed by atoms with Crippen molar-refractivity contribution in [1.29, 1.82) is 0 Å². The number of fused-ring (bicyclic) bond motifs is 1. The van der Waals surface area contributed by atoms with E-state index in [9.17, 15) is 14.7 Å². The summed E-state index contributed by atoms with van der Waals surface area (Å²) in [6, 6.07) is 5.32. The number of nitrogens with zero attached hydrogens (tertiary/aromatic N) is 1. The number of benzene rings is 1. The van der Waals surface area contributed by atoms with Crippen molar-refractivity contribution in [2.45, 2.75) is 32.2 Å². The lowest BCUT2D eigenvalue weighted by atomic mass is 9.98. The molecule has 1 heterocycles. The van der Waals surface area contributed by atoms with E-state index in [4.69, 9.17) is 0 Å². The molecule has 1 aliphatic heterocycles. The zero-order chi connectivity index (χ0) is 14.9. The van der Waals surface area contributed by atoms with Crippen molar-refractivity contribution in [3.63, 3.8) is 0 Å². The molecule has 5 nitrogen and oxygen atoms in total. The quantitative estimate of drug-likeness (QED) is 0.868. The second-order valence-corrected chi connectivity index (χ2v) is 5.79. The highest BCUT2D eigenvalue weighted by Crippen LogP contribution is 2.27. The Kier molecular flexibility index (Phi) is 3.81. The number of aliphatic hydroxyl groups excluding tert-OH is 1. The second kappa shape index (κ2) is 5.25. The lowest BCUT2D eigenvalue weighted by Gasteiger charge is -2.27. The highest BCUT2D eigenvalue weighted by Gasteiger charge is 2.24. The molecule has 1 aromatic rings. The normalized spacial score (nSPS) is 15.0. The molecule has 5 heteroatoms. The van der Waals surface area contributed by atoms with Gasteiger partial charge in [-0.25, -0.2) is 0 Å². The number of hydrogen-bond acceptors (Lipinski definition) is 3. The minimum atomic E-state index is -0.653. The molecule has 0 atom stereocenters. The third kappa shape index (κ3) is 2.82. The van der Waals surface area contributed by atoms with Crippen LogP contribution in [0.1, 0.15) is 36.2 Å². The Labute approximate surface area is 118 Å². The number of carbonyl (C=O) groups is 2. The van der Waals surface area contributed by atoms with Gasteiger partial charge < -0.3 is 15.3 Å². The maximum atomic E-state index is 12.1. The summed E-state index contributed by atoms with van der Waals surface area (Å²) < 4.78 is 0. The number of carbonyl (C=O) groups excluding carboxylic acids is 2. The molecule has 0 aromatic heterocycles. The molecule has 0 saturated carbocycles. The molecule has 2 N–H and O–H groups in total. The average molecular weight is 276 g/mol. The summed E-state index contributed by atoms with van der Waals surface area (Å²) in [4.78, 5) is 25.4. The maximum absolute atomic E-state index is 12.1. The van der Waals surface area contributed by atoms with Crippen LogP contribution in [0.4, 0.5) is 5.69 Å². The van der Waals surface area contributed by atoms with Gasteiger partial charge in [0.15, 0.2) is 0 Å². The number of hydrogen-bond donors (Lipinski definition) is 2. The molecule has 0 unspecified atom stereocenters. The molecule has 1 aliphatic rings. The van der Waals surface area contributed by atoms with Gasteiger partial charge in [0.2, 0.25) is 5.91 Å². The Morgan fingerprint density at radius 1 is 1.40 bits per heavy atom. The highest BCUT2D eigenvalue weighted by atomic mass is 16.3. The number of rotatable bonds is 3. The average Bonchev–Trinajstić information content (AvgIpc) is 2.42. The van der Waals surface area contributed by atoms with Crippen LogP contribution in [0.2, 0.25) is 0 Å². The fourth-order valence-corrected chi connectivity index (χ4v) is 2.22. The van der Waals surface area contributed by atoms with Crippen LogP contribution < -0.4 is 10.2 Å². The first-order valence-corrected chi connectivity index (χ1v) is 6.67. The molecule has 0 aliphatic carbocycles. The van der Waals surface area contributed by atoms with Gasteiger partial charge in [-0.15, -0.1) is 0 Å². The van der Waals surface area contributed by atoms with Gasteiger partial charge in [0, 0.05) is 24.7 Å². The van der Waals surface area contributed by atoms with Crippen LogP contribution in [0.25, 0.3) is 0 Å². The Bertz CT molecular complexity index is 552. The summed E-state index contributed by atoms with van der Waals surface area (Å²) in [6.07, 6.45) is 1.12. The van der Waals surface area contributed by atoms with Gasteiger partial charge in [-0.1, -0.05) is 0 Å². The number of anilines is 1. The van der Waals surface area contributed by atoms with Crippen LogP contribution in [0, 0.1) is 0 Å². The van der Waals surface area contributed by atoms with Crippen molar-refractivity contribution in [2.75, 3.05) is 18.6 Å². The minimum Gasteiger partial charge on any atom is -0.394 e. The SMILES string of the molecule is CN1C(=O)CCc2cc(C(=O)NC(C)(C)CO)ccc21. The van der Waals surface area contributed by atoms with Crippen LogP contribution in [0.3, 0.4) is 0 Å². The summed E-state index contributed by atoms with van der Waals surface area (Å²) in [5.41, 5.74) is 1.76. The van der Waals surface area contributed by atoms with Crippen LogP contribution in [0.5, 0.6) is 0 Å². The predicted octanol–water partition coefficient (Wildman–Crippen LogP) is 1.10. The van der Waals surface area contributed by atoms with Gasteiger partial charge in [0.1, 0.15) is 0 Å². The summed E-state index contributed by atoms with van der Waals surface area (Å²) in [7, 11) is 1.74. The second-order valence-electron chi connectivity index (χ2n) is 5.79. The van der Waals surface area contributed by atoms with Crippen molar-refractivity contribution in [2.24, 2.45) is 0 Å². The number of nitrogens with one attached hydrogen (secondary N) is 1. The Hall–Kier alpha value is -1.88. The zero-order valence-electron chi connectivity index (χ0n) is 12.1. The number of aliphatic hydroxyl groups is 1. The summed E-state index contributed by atoms with van der Waals surface area (Å²) in [5.74, 6) is -0.123. The number of amides is 2. The van der Waals surface area contributed by atoms with Crippen LogP contribution in [0.15, 0.2) is 18.2 Å². The van der Waals surface area contributed by atoms with Gasteiger partial charge in [-0.05, 0) is 44.0 Å². The van der Waals surface area contributed by atoms with Gasteiger partial charge in [-0.3, -0.25) is 9.59 Å². The molecule has 108 valence electrons. The minimum absolute atomic E-state index is 0.0936. The van der Waals surface area contributed by atoms with Crippen LogP contribution >= 0.6 is 0 Å². The fourth-order valence-electron chi connectivity index (χ4n) is 2.22.